The van der Waals surface area contributed by atoms with E-state index in [0.29, 0.717) is 6.54 Å². The average Bonchev–Trinajstić information content (AvgIpc) is 2.14. The number of aliphatic hydroxyl groups excluding tert-OH is 1. The van der Waals surface area contributed by atoms with E-state index in [-0.39, 0.29) is 11.5 Å². The molecule has 0 aliphatic carbocycles. The molecule has 0 bridgehead atoms. The number of nitrogens with zero attached hydrogens (tertiary/aromatic N) is 1. The molecule has 1 unspecified atom stereocenters. The van der Waals surface area contributed by atoms with Gasteiger partial charge in [-0.25, -0.2) is 0 Å². The van der Waals surface area contributed by atoms with Crippen LogP contribution in [0.1, 0.15) is 46.5 Å². The fraction of sp³-hybridized carbons (Fsp3) is 0.917. The van der Waals surface area contributed by atoms with Crippen LogP contribution in [0.4, 0.5) is 0 Å². The van der Waals surface area contributed by atoms with E-state index >= 15 is 0 Å². The SMILES string of the molecule is CC(C)(C)CC(O)CNC1=NCCCC1. The van der Waals surface area contributed by atoms with Crippen molar-refractivity contribution < 1.29 is 5.11 Å². The lowest BCUT2D eigenvalue weighted by Crippen LogP contribution is -2.35. The second-order valence-electron chi connectivity index (χ2n) is 5.59. The van der Waals surface area contributed by atoms with E-state index in [1.165, 1.54) is 12.8 Å². The summed E-state index contributed by atoms with van der Waals surface area (Å²) in [4.78, 5) is 4.39. The first-order chi connectivity index (χ1) is 6.97. The lowest BCUT2D eigenvalue weighted by atomic mass is 9.89. The van der Waals surface area contributed by atoms with E-state index in [0.717, 1.165) is 25.2 Å². The summed E-state index contributed by atoms with van der Waals surface area (Å²) in [6.07, 6.45) is 4.03. The van der Waals surface area contributed by atoms with Gasteiger partial charge in [0.1, 0.15) is 0 Å². The first kappa shape index (κ1) is 12.5. The largest absolute Gasteiger partial charge is 0.391 e. The smallest absolute Gasteiger partial charge is 0.0963 e. The summed E-state index contributed by atoms with van der Waals surface area (Å²) in [7, 11) is 0. The normalized spacial score (nSPS) is 19.6. The Labute approximate surface area is 93.0 Å². The predicted molar refractivity (Wildman–Crippen MR) is 64.2 cm³/mol. The highest BCUT2D eigenvalue weighted by atomic mass is 16.3. The molecule has 0 aromatic carbocycles. The fourth-order valence-corrected chi connectivity index (χ4v) is 1.86. The zero-order valence-electron chi connectivity index (χ0n) is 10.2. The van der Waals surface area contributed by atoms with E-state index in [4.69, 9.17) is 0 Å². The minimum atomic E-state index is -0.269. The Bertz CT molecular complexity index is 218. The van der Waals surface area contributed by atoms with Gasteiger partial charge in [-0.1, -0.05) is 20.8 Å². The topological polar surface area (TPSA) is 44.6 Å². The van der Waals surface area contributed by atoms with Crippen LogP contribution in [0.15, 0.2) is 4.99 Å². The number of hydrogen-bond acceptors (Lipinski definition) is 3. The summed E-state index contributed by atoms with van der Waals surface area (Å²) in [6, 6.07) is 0. The van der Waals surface area contributed by atoms with Crippen molar-refractivity contribution in [3.05, 3.63) is 0 Å². The van der Waals surface area contributed by atoms with Gasteiger partial charge in [0.05, 0.1) is 11.9 Å². The van der Waals surface area contributed by atoms with Crippen LogP contribution in [0.3, 0.4) is 0 Å². The van der Waals surface area contributed by atoms with E-state index in [1.807, 2.05) is 0 Å². The third kappa shape index (κ3) is 5.78. The molecule has 0 aromatic rings. The van der Waals surface area contributed by atoms with E-state index < -0.39 is 0 Å². The maximum absolute atomic E-state index is 9.80. The second kappa shape index (κ2) is 5.50. The van der Waals surface area contributed by atoms with Gasteiger partial charge in [-0.3, -0.25) is 4.99 Å². The zero-order chi connectivity index (χ0) is 11.3. The monoisotopic (exact) mass is 212 g/mol. The molecule has 0 amide bonds. The van der Waals surface area contributed by atoms with Gasteiger partial charge in [-0.15, -0.1) is 0 Å². The maximum atomic E-state index is 9.80. The van der Waals surface area contributed by atoms with Crippen LogP contribution in [0, 0.1) is 5.41 Å². The molecule has 1 aliphatic rings. The predicted octanol–water partition coefficient (Wildman–Crippen LogP) is 1.96. The summed E-state index contributed by atoms with van der Waals surface area (Å²) in [5, 5.41) is 13.0. The molecule has 0 saturated carbocycles. The van der Waals surface area contributed by atoms with Crippen LogP contribution in [0.2, 0.25) is 0 Å². The van der Waals surface area contributed by atoms with E-state index in [1.54, 1.807) is 0 Å². The molecule has 15 heavy (non-hydrogen) atoms. The molecule has 3 heteroatoms. The molecule has 2 N–H and O–H groups in total. The molecular weight excluding hydrogens is 188 g/mol. The van der Waals surface area contributed by atoms with Crippen molar-refractivity contribution in [1.82, 2.24) is 5.32 Å². The molecule has 1 heterocycles. The Kier molecular flexibility index (Phi) is 4.58. The van der Waals surface area contributed by atoms with Crippen molar-refractivity contribution in [3.8, 4) is 0 Å². The van der Waals surface area contributed by atoms with Crippen LogP contribution in [-0.2, 0) is 0 Å². The van der Waals surface area contributed by atoms with Gasteiger partial charge in [0.2, 0.25) is 0 Å². The lowest BCUT2D eigenvalue weighted by Gasteiger charge is -2.23. The van der Waals surface area contributed by atoms with E-state index in [9.17, 15) is 5.11 Å². The Balaban J connectivity index is 2.21. The van der Waals surface area contributed by atoms with Crippen LogP contribution in [0.5, 0.6) is 0 Å². The van der Waals surface area contributed by atoms with Crippen molar-refractivity contribution >= 4 is 5.84 Å². The Morgan fingerprint density at radius 1 is 1.40 bits per heavy atom. The fourth-order valence-electron chi connectivity index (χ4n) is 1.86. The molecule has 0 spiro atoms. The lowest BCUT2D eigenvalue weighted by molar-refractivity contribution is 0.124. The Morgan fingerprint density at radius 3 is 2.67 bits per heavy atom. The van der Waals surface area contributed by atoms with Gasteiger partial charge in [0, 0.05) is 19.5 Å². The van der Waals surface area contributed by atoms with Crippen molar-refractivity contribution in [2.45, 2.75) is 52.6 Å². The number of hydrogen-bond donors (Lipinski definition) is 2. The summed E-state index contributed by atoms with van der Waals surface area (Å²) < 4.78 is 0. The molecule has 1 rings (SSSR count). The quantitative estimate of drug-likeness (QED) is 0.751. The molecule has 3 nitrogen and oxygen atoms in total. The molecule has 1 aliphatic heterocycles. The highest BCUT2D eigenvalue weighted by Gasteiger charge is 2.17. The second-order valence-corrected chi connectivity index (χ2v) is 5.59. The van der Waals surface area contributed by atoms with Crippen molar-refractivity contribution in [3.63, 3.8) is 0 Å². The minimum absolute atomic E-state index is 0.190. The molecule has 0 aromatic heterocycles. The number of aliphatic hydroxyl groups is 1. The first-order valence-corrected chi connectivity index (χ1v) is 5.93. The van der Waals surface area contributed by atoms with Crippen molar-refractivity contribution in [2.75, 3.05) is 13.1 Å². The van der Waals surface area contributed by atoms with Gasteiger partial charge in [-0.2, -0.15) is 0 Å². The van der Waals surface area contributed by atoms with Gasteiger partial charge in [-0.05, 0) is 24.7 Å². The van der Waals surface area contributed by atoms with E-state index in [2.05, 4.69) is 31.1 Å². The number of aliphatic imine (C=N–C) groups is 1. The van der Waals surface area contributed by atoms with Gasteiger partial charge in [0.15, 0.2) is 0 Å². The number of rotatable bonds is 3. The molecule has 0 fully saturated rings. The third-order valence-corrected chi connectivity index (χ3v) is 2.51. The number of nitrogens with one attached hydrogen (secondary N) is 1. The van der Waals surface area contributed by atoms with Crippen LogP contribution < -0.4 is 5.32 Å². The maximum Gasteiger partial charge on any atom is 0.0963 e. The van der Waals surface area contributed by atoms with Crippen LogP contribution in [0.25, 0.3) is 0 Å². The molecule has 0 radical (unpaired) electrons. The molecule has 1 atom stereocenters. The zero-order valence-corrected chi connectivity index (χ0v) is 10.2. The van der Waals surface area contributed by atoms with Crippen LogP contribution >= 0.6 is 0 Å². The van der Waals surface area contributed by atoms with Crippen molar-refractivity contribution in [2.24, 2.45) is 10.4 Å². The van der Waals surface area contributed by atoms with Crippen molar-refractivity contribution in [1.29, 1.82) is 0 Å². The molecule has 0 saturated heterocycles. The third-order valence-electron chi connectivity index (χ3n) is 2.51. The average molecular weight is 212 g/mol. The van der Waals surface area contributed by atoms with Gasteiger partial charge < -0.3 is 10.4 Å². The highest BCUT2D eigenvalue weighted by molar-refractivity contribution is 5.82. The molecule has 88 valence electrons. The summed E-state index contributed by atoms with van der Waals surface area (Å²) in [6.45, 7) is 8.02. The Hall–Kier alpha value is -0.570. The molecular formula is C12H24N2O. The van der Waals surface area contributed by atoms with Gasteiger partial charge in [0.25, 0.3) is 0 Å². The summed E-state index contributed by atoms with van der Waals surface area (Å²) in [5.74, 6) is 1.08. The minimum Gasteiger partial charge on any atom is -0.391 e. The van der Waals surface area contributed by atoms with Gasteiger partial charge >= 0.3 is 0 Å². The number of amidine groups is 1. The standard InChI is InChI=1S/C12H24N2O/c1-12(2,3)8-10(15)9-14-11-6-4-5-7-13-11/h10,15H,4-9H2,1-3H3,(H,13,14). The summed E-state index contributed by atoms with van der Waals surface area (Å²) in [5.41, 5.74) is 0.190. The first-order valence-electron chi connectivity index (χ1n) is 5.93. The highest BCUT2D eigenvalue weighted by Crippen LogP contribution is 2.20. The summed E-state index contributed by atoms with van der Waals surface area (Å²) >= 11 is 0. The van der Waals surface area contributed by atoms with Crippen LogP contribution in [-0.4, -0.2) is 30.1 Å². The Morgan fingerprint density at radius 2 is 2.13 bits per heavy atom.